The smallest absolute Gasteiger partial charge is 0.258 e. The number of aromatic nitrogens is 1. The topological polar surface area (TPSA) is 36.4 Å². The van der Waals surface area contributed by atoms with E-state index in [1.165, 1.54) is 12.3 Å². The van der Waals surface area contributed by atoms with Crippen LogP contribution in [0.1, 0.15) is 17.3 Å². The van der Waals surface area contributed by atoms with Gasteiger partial charge in [0.05, 0.1) is 5.56 Å². The number of rotatable bonds is 1. The van der Waals surface area contributed by atoms with Crippen LogP contribution in [0.4, 0.5) is 4.39 Å². The molecule has 0 aliphatic carbocycles. The van der Waals surface area contributed by atoms with E-state index in [1.807, 2.05) is 14.0 Å². The van der Waals surface area contributed by atoms with E-state index >= 15 is 0 Å². The van der Waals surface area contributed by atoms with Crippen LogP contribution in [-0.4, -0.2) is 53.4 Å². The molecule has 0 N–H and O–H groups in total. The third-order valence-electron chi connectivity index (χ3n) is 3.08. The van der Waals surface area contributed by atoms with Crippen LogP contribution in [-0.2, 0) is 0 Å². The van der Waals surface area contributed by atoms with Crippen molar-refractivity contribution in [2.24, 2.45) is 0 Å². The van der Waals surface area contributed by atoms with Gasteiger partial charge in [0.15, 0.2) is 0 Å². The second-order valence-electron chi connectivity index (χ2n) is 4.45. The number of carbonyl (C=O) groups excluding carboxylic acids is 1. The van der Waals surface area contributed by atoms with Gasteiger partial charge in [0.25, 0.3) is 5.91 Å². The quantitative estimate of drug-likeness (QED) is 0.684. The molecule has 0 bridgehead atoms. The van der Waals surface area contributed by atoms with Gasteiger partial charge in [-0.25, -0.2) is 4.98 Å². The molecule has 1 aromatic rings. The summed E-state index contributed by atoms with van der Waals surface area (Å²) in [6, 6.07) is 3.16. The molecule has 2 heterocycles. The molecule has 0 radical (unpaired) electrons. The Hall–Kier alpha value is -1.49. The van der Waals surface area contributed by atoms with Crippen molar-refractivity contribution < 1.29 is 9.18 Å². The zero-order valence-corrected chi connectivity index (χ0v) is 10.1. The summed E-state index contributed by atoms with van der Waals surface area (Å²) in [4.78, 5) is 19.5. The highest BCUT2D eigenvalue weighted by molar-refractivity contribution is 5.94. The number of amides is 1. The lowest BCUT2D eigenvalue weighted by atomic mass is 10.1. The molecule has 1 amide bonds. The number of hydrogen-bond acceptors (Lipinski definition) is 3. The van der Waals surface area contributed by atoms with Crippen LogP contribution in [0.2, 0.25) is 0 Å². The molecule has 1 saturated heterocycles. The van der Waals surface area contributed by atoms with Crippen molar-refractivity contribution in [3.63, 3.8) is 0 Å². The molecule has 5 heteroatoms. The number of carbonyl (C=O) groups is 1. The normalized spacial score (nSPS) is 21.6. The van der Waals surface area contributed by atoms with Crippen molar-refractivity contribution in [2.75, 3.05) is 26.7 Å². The average Bonchev–Trinajstić information content (AvgIpc) is 2.29. The number of halogens is 1. The lowest BCUT2D eigenvalue weighted by molar-refractivity contribution is 0.0528. The highest BCUT2D eigenvalue weighted by Crippen LogP contribution is 2.14. The fourth-order valence-corrected chi connectivity index (χ4v) is 2.14. The van der Waals surface area contributed by atoms with Crippen molar-refractivity contribution in [1.29, 1.82) is 0 Å². The standard InChI is InChI=1S/C12H16FN3O/c1-9-8-15(2)6-7-16(9)12(17)10-4-3-5-14-11(10)13/h3-5,9H,6-8H2,1-2H3. The summed E-state index contributed by atoms with van der Waals surface area (Å²) in [5.74, 6) is -0.958. The highest BCUT2D eigenvalue weighted by Gasteiger charge is 2.28. The van der Waals surface area contributed by atoms with Gasteiger partial charge < -0.3 is 9.80 Å². The molecule has 17 heavy (non-hydrogen) atoms. The van der Waals surface area contributed by atoms with Crippen LogP contribution in [0.3, 0.4) is 0 Å². The summed E-state index contributed by atoms with van der Waals surface area (Å²) in [6.45, 7) is 4.23. The molecule has 2 rings (SSSR count). The SMILES string of the molecule is CC1CN(C)CCN1C(=O)c1cccnc1F. The first-order valence-corrected chi connectivity index (χ1v) is 5.69. The minimum Gasteiger partial charge on any atom is -0.333 e. The molecule has 1 fully saturated rings. The number of nitrogens with zero attached hydrogens (tertiary/aromatic N) is 3. The van der Waals surface area contributed by atoms with Crippen molar-refractivity contribution in [3.8, 4) is 0 Å². The molecule has 92 valence electrons. The minimum atomic E-state index is -0.691. The molecule has 0 aromatic carbocycles. The predicted octanol–water partition coefficient (Wildman–Crippen LogP) is 0.997. The summed E-state index contributed by atoms with van der Waals surface area (Å²) in [5, 5.41) is 0. The number of hydrogen-bond donors (Lipinski definition) is 0. The average molecular weight is 237 g/mol. The molecule has 1 aliphatic rings. The Morgan fingerprint density at radius 3 is 2.94 bits per heavy atom. The van der Waals surface area contributed by atoms with Crippen molar-refractivity contribution >= 4 is 5.91 Å². The van der Waals surface area contributed by atoms with Crippen molar-refractivity contribution in [3.05, 3.63) is 29.8 Å². The Balaban J connectivity index is 2.18. The van der Waals surface area contributed by atoms with Gasteiger partial charge >= 0.3 is 0 Å². The van der Waals surface area contributed by atoms with Gasteiger partial charge in [-0.3, -0.25) is 4.79 Å². The second-order valence-corrected chi connectivity index (χ2v) is 4.45. The largest absolute Gasteiger partial charge is 0.333 e. The Morgan fingerprint density at radius 2 is 2.29 bits per heavy atom. The van der Waals surface area contributed by atoms with Crippen molar-refractivity contribution in [1.82, 2.24) is 14.8 Å². The van der Waals surface area contributed by atoms with E-state index in [0.717, 1.165) is 13.1 Å². The molecular formula is C12H16FN3O. The number of likely N-dealkylation sites (N-methyl/N-ethyl adjacent to an activating group) is 1. The molecule has 1 aromatic heterocycles. The maximum Gasteiger partial charge on any atom is 0.258 e. The lowest BCUT2D eigenvalue weighted by Crippen LogP contribution is -2.52. The molecule has 1 atom stereocenters. The van der Waals surface area contributed by atoms with E-state index in [4.69, 9.17) is 0 Å². The fraction of sp³-hybridized carbons (Fsp3) is 0.500. The van der Waals surface area contributed by atoms with Crippen LogP contribution < -0.4 is 0 Å². The van der Waals surface area contributed by atoms with E-state index in [0.29, 0.717) is 6.54 Å². The summed E-state index contributed by atoms with van der Waals surface area (Å²) >= 11 is 0. The molecule has 1 aliphatic heterocycles. The van der Waals surface area contributed by atoms with Gasteiger partial charge in [0, 0.05) is 31.9 Å². The van der Waals surface area contributed by atoms with Crippen LogP contribution in [0.5, 0.6) is 0 Å². The fourth-order valence-electron chi connectivity index (χ4n) is 2.14. The predicted molar refractivity (Wildman–Crippen MR) is 62.2 cm³/mol. The van der Waals surface area contributed by atoms with Crippen LogP contribution in [0, 0.1) is 5.95 Å². The van der Waals surface area contributed by atoms with Gasteiger partial charge in [-0.05, 0) is 26.1 Å². The Kier molecular flexibility index (Phi) is 3.38. The molecular weight excluding hydrogens is 221 g/mol. The van der Waals surface area contributed by atoms with Crippen LogP contribution in [0.15, 0.2) is 18.3 Å². The van der Waals surface area contributed by atoms with Crippen molar-refractivity contribution in [2.45, 2.75) is 13.0 Å². The van der Waals surface area contributed by atoms with Gasteiger partial charge in [-0.1, -0.05) is 0 Å². The summed E-state index contributed by atoms with van der Waals surface area (Å²) < 4.78 is 13.4. The first kappa shape index (κ1) is 12.0. The van der Waals surface area contributed by atoms with Gasteiger partial charge in [0.1, 0.15) is 0 Å². The molecule has 0 spiro atoms. The Bertz CT molecular complexity index is 424. The van der Waals surface area contributed by atoms with E-state index in [9.17, 15) is 9.18 Å². The molecule has 1 unspecified atom stereocenters. The first-order chi connectivity index (χ1) is 8.09. The lowest BCUT2D eigenvalue weighted by Gasteiger charge is -2.38. The monoisotopic (exact) mass is 237 g/mol. The maximum absolute atomic E-state index is 13.4. The van der Waals surface area contributed by atoms with Crippen LogP contribution >= 0.6 is 0 Å². The van der Waals surface area contributed by atoms with E-state index in [-0.39, 0.29) is 17.5 Å². The molecule has 4 nitrogen and oxygen atoms in total. The van der Waals surface area contributed by atoms with E-state index in [1.54, 1.807) is 11.0 Å². The number of pyridine rings is 1. The van der Waals surface area contributed by atoms with Gasteiger partial charge in [-0.15, -0.1) is 0 Å². The second kappa shape index (κ2) is 4.79. The summed E-state index contributed by atoms with van der Waals surface area (Å²) in [5.41, 5.74) is 0.0592. The first-order valence-electron chi connectivity index (χ1n) is 5.69. The Labute approximate surface area is 100 Å². The highest BCUT2D eigenvalue weighted by atomic mass is 19.1. The van der Waals surface area contributed by atoms with Gasteiger partial charge in [-0.2, -0.15) is 4.39 Å². The third-order valence-corrected chi connectivity index (χ3v) is 3.08. The van der Waals surface area contributed by atoms with Gasteiger partial charge in [0.2, 0.25) is 5.95 Å². The minimum absolute atomic E-state index is 0.0592. The van der Waals surface area contributed by atoms with E-state index < -0.39 is 5.95 Å². The van der Waals surface area contributed by atoms with E-state index in [2.05, 4.69) is 9.88 Å². The van der Waals surface area contributed by atoms with Crippen LogP contribution in [0.25, 0.3) is 0 Å². The summed E-state index contributed by atoms with van der Waals surface area (Å²) in [6.07, 6.45) is 1.35. The maximum atomic E-state index is 13.4. The zero-order valence-electron chi connectivity index (χ0n) is 10.1. The number of piperazine rings is 1. The summed E-state index contributed by atoms with van der Waals surface area (Å²) in [7, 11) is 2.02. The molecule has 0 saturated carbocycles. The Morgan fingerprint density at radius 1 is 1.53 bits per heavy atom. The zero-order chi connectivity index (χ0) is 12.4. The third kappa shape index (κ3) is 2.44.